The second-order valence-corrected chi connectivity index (χ2v) is 4.98. The molecule has 2 rings (SSSR count). The number of halogens is 2. The average Bonchev–Trinajstić information content (AvgIpc) is 2.36. The quantitative estimate of drug-likeness (QED) is 0.752. The molecule has 0 amide bonds. The minimum Gasteiger partial charge on any atom is -0.489 e. The fourth-order valence-corrected chi connectivity index (χ4v) is 2.07. The second-order valence-electron chi connectivity index (χ2n) is 4.20. The molecular formula is C15H14Cl2O. The molecule has 0 fully saturated rings. The van der Waals surface area contributed by atoms with Crippen LogP contribution in [0.3, 0.4) is 0 Å². The van der Waals surface area contributed by atoms with Crippen molar-refractivity contribution in [3.63, 3.8) is 0 Å². The predicted octanol–water partition coefficient (Wildman–Crippen LogP) is 5.19. The van der Waals surface area contributed by atoms with Crippen molar-refractivity contribution in [2.75, 3.05) is 0 Å². The van der Waals surface area contributed by atoms with Gasteiger partial charge in [0.05, 0.1) is 10.0 Å². The standard InChI is InChI=1S/C15H14Cl2O/c1-10-5-3-8-14(11(10)2)18-9-12-6-4-7-13(16)15(12)17/h3-8H,9H2,1-2H3. The summed E-state index contributed by atoms with van der Waals surface area (Å²) in [4.78, 5) is 0. The lowest BCUT2D eigenvalue weighted by molar-refractivity contribution is 0.304. The van der Waals surface area contributed by atoms with Crippen molar-refractivity contribution in [1.82, 2.24) is 0 Å². The minimum absolute atomic E-state index is 0.420. The Morgan fingerprint density at radius 3 is 2.50 bits per heavy atom. The molecule has 3 heteroatoms. The fourth-order valence-electron chi connectivity index (χ4n) is 1.70. The van der Waals surface area contributed by atoms with E-state index in [-0.39, 0.29) is 0 Å². The molecule has 94 valence electrons. The lowest BCUT2D eigenvalue weighted by Crippen LogP contribution is -1.98. The van der Waals surface area contributed by atoms with Gasteiger partial charge in [-0.2, -0.15) is 0 Å². The van der Waals surface area contributed by atoms with Crippen molar-refractivity contribution in [2.45, 2.75) is 20.5 Å². The summed E-state index contributed by atoms with van der Waals surface area (Å²) in [6.07, 6.45) is 0. The zero-order valence-corrected chi connectivity index (χ0v) is 11.8. The fraction of sp³-hybridized carbons (Fsp3) is 0.200. The van der Waals surface area contributed by atoms with Gasteiger partial charge < -0.3 is 4.74 Å². The largest absolute Gasteiger partial charge is 0.489 e. The van der Waals surface area contributed by atoms with Crippen LogP contribution in [0, 0.1) is 13.8 Å². The summed E-state index contributed by atoms with van der Waals surface area (Å²) in [6.45, 7) is 4.53. The summed E-state index contributed by atoms with van der Waals surface area (Å²) in [5.41, 5.74) is 3.26. The van der Waals surface area contributed by atoms with Crippen molar-refractivity contribution in [3.8, 4) is 5.75 Å². The summed E-state index contributed by atoms with van der Waals surface area (Å²) >= 11 is 12.1. The SMILES string of the molecule is Cc1cccc(OCc2cccc(Cl)c2Cl)c1C. The van der Waals surface area contributed by atoms with E-state index in [1.807, 2.05) is 31.2 Å². The molecule has 0 spiro atoms. The molecule has 2 aromatic rings. The van der Waals surface area contributed by atoms with E-state index in [9.17, 15) is 0 Å². The van der Waals surface area contributed by atoms with Gasteiger partial charge in [0.25, 0.3) is 0 Å². The molecule has 1 nitrogen and oxygen atoms in total. The highest BCUT2D eigenvalue weighted by atomic mass is 35.5. The van der Waals surface area contributed by atoms with E-state index in [4.69, 9.17) is 27.9 Å². The Kier molecular flexibility index (Phi) is 4.15. The van der Waals surface area contributed by atoms with Gasteiger partial charge >= 0.3 is 0 Å². The third-order valence-electron chi connectivity index (χ3n) is 2.97. The van der Waals surface area contributed by atoms with Gasteiger partial charge in [-0.1, -0.05) is 47.5 Å². The molecule has 18 heavy (non-hydrogen) atoms. The van der Waals surface area contributed by atoms with Gasteiger partial charge in [0.1, 0.15) is 12.4 Å². The number of hydrogen-bond donors (Lipinski definition) is 0. The lowest BCUT2D eigenvalue weighted by atomic mass is 10.1. The van der Waals surface area contributed by atoms with Crippen LogP contribution in [0.2, 0.25) is 10.0 Å². The summed E-state index contributed by atoms with van der Waals surface area (Å²) in [5.74, 6) is 0.881. The zero-order chi connectivity index (χ0) is 13.1. The molecule has 2 aromatic carbocycles. The Balaban J connectivity index is 2.17. The molecule has 0 saturated heterocycles. The number of aryl methyl sites for hydroxylation is 1. The molecule has 0 aromatic heterocycles. The topological polar surface area (TPSA) is 9.23 Å². The zero-order valence-electron chi connectivity index (χ0n) is 10.3. The van der Waals surface area contributed by atoms with Gasteiger partial charge in [0, 0.05) is 5.56 Å². The van der Waals surface area contributed by atoms with E-state index in [1.54, 1.807) is 6.07 Å². The molecule has 0 heterocycles. The van der Waals surface area contributed by atoms with Crippen LogP contribution in [-0.2, 0) is 6.61 Å². The third kappa shape index (κ3) is 2.80. The summed E-state index contributed by atoms with van der Waals surface area (Å²) in [6, 6.07) is 11.6. The van der Waals surface area contributed by atoms with Gasteiger partial charge in [-0.3, -0.25) is 0 Å². The van der Waals surface area contributed by atoms with Gasteiger partial charge in [-0.25, -0.2) is 0 Å². The van der Waals surface area contributed by atoms with Crippen molar-refractivity contribution in [1.29, 1.82) is 0 Å². The minimum atomic E-state index is 0.420. The van der Waals surface area contributed by atoms with Crippen LogP contribution in [-0.4, -0.2) is 0 Å². The van der Waals surface area contributed by atoms with E-state index in [2.05, 4.69) is 13.0 Å². The molecule has 0 radical (unpaired) electrons. The van der Waals surface area contributed by atoms with Crippen molar-refractivity contribution < 1.29 is 4.74 Å². The van der Waals surface area contributed by atoms with Crippen LogP contribution in [0.25, 0.3) is 0 Å². The summed E-state index contributed by atoms with van der Waals surface area (Å²) in [5, 5.41) is 1.11. The van der Waals surface area contributed by atoms with Crippen LogP contribution in [0.4, 0.5) is 0 Å². The Labute approximate surface area is 117 Å². The van der Waals surface area contributed by atoms with E-state index >= 15 is 0 Å². The van der Waals surface area contributed by atoms with Gasteiger partial charge in [-0.05, 0) is 37.1 Å². The number of benzene rings is 2. The average molecular weight is 281 g/mol. The van der Waals surface area contributed by atoms with Crippen LogP contribution >= 0.6 is 23.2 Å². The smallest absolute Gasteiger partial charge is 0.122 e. The van der Waals surface area contributed by atoms with E-state index < -0.39 is 0 Å². The first-order valence-electron chi connectivity index (χ1n) is 5.71. The third-order valence-corrected chi connectivity index (χ3v) is 3.83. The highest BCUT2D eigenvalue weighted by molar-refractivity contribution is 6.42. The van der Waals surface area contributed by atoms with Crippen molar-refractivity contribution >= 4 is 23.2 Å². The first kappa shape index (κ1) is 13.3. The maximum atomic E-state index is 6.12. The monoisotopic (exact) mass is 280 g/mol. The first-order valence-corrected chi connectivity index (χ1v) is 6.47. The predicted molar refractivity (Wildman–Crippen MR) is 76.7 cm³/mol. The summed E-state index contributed by atoms with van der Waals surface area (Å²) < 4.78 is 5.80. The Morgan fingerprint density at radius 1 is 1.00 bits per heavy atom. The molecule has 0 bridgehead atoms. The lowest BCUT2D eigenvalue weighted by Gasteiger charge is -2.12. The van der Waals surface area contributed by atoms with Crippen LogP contribution in [0.5, 0.6) is 5.75 Å². The Morgan fingerprint density at radius 2 is 1.72 bits per heavy atom. The Bertz CT molecular complexity index is 513. The van der Waals surface area contributed by atoms with Crippen LogP contribution in [0.15, 0.2) is 36.4 Å². The van der Waals surface area contributed by atoms with Crippen molar-refractivity contribution in [3.05, 3.63) is 63.1 Å². The maximum absolute atomic E-state index is 6.12. The highest BCUT2D eigenvalue weighted by Crippen LogP contribution is 2.27. The van der Waals surface area contributed by atoms with Gasteiger partial charge in [0.2, 0.25) is 0 Å². The van der Waals surface area contributed by atoms with E-state index in [1.165, 1.54) is 5.56 Å². The van der Waals surface area contributed by atoms with Crippen LogP contribution < -0.4 is 4.74 Å². The molecule has 0 N–H and O–H groups in total. The number of ether oxygens (including phenoxy) is 1. The normalized spacial score (nSPS) is 10.4. The van der Waals surface area contributed by atoms with Gasteiger partial charge in [0.15, 0.2) is 0 Å². The molecule has 0 atom stereocenters. The number of rotatable bonds is 3. The number of hydrogen-bond acceptors (Lipinski definition) is 1. The van der Waals surface area contributed by atoms with Crippen LogP contribution in [0.1, 0.15) is 16.7 Å². The molecule has 0 aliphatic heterocycles. The maximum Gasteiger partial charge on any atom is 0.122 e. The van der Waals surface area contributed by atoms with Crippen molar-refractivity contribution in [2.24, 2.45) is 0 Å². The van der Waals surface area contributed by atoms with E-state index in [0.29, 0.717) is 16.7 Å². The molecule has 0 saturated carbocycles. The molecular weight excluding hydrogens is 267 g/mol. The molecule has 0 unspecified atom stereocenters. The molecule has 0 aliphatic rings. The van der Waals surface area contributed by atoms with Gasteiger partial charge in [-0.15, -0.1) is 0 Å². The Hall–Kier alpha value is -1.18. The van der Waals surface area contributed by atoms with E-state index in [0.717, 1.165) is 16.9 Å². The highest BCUT2D eigenvalue weighted by Gasteiger charge is 2.06. The first-order chi connectivity index (χ1) is 8.59. The molecule has 0 aliphatic carbocycles. The summed E-state index contributed by atoms with van der Waals surface area (Å²) in [7, 11) is 0. The second kappa shape index (κ2) is 5.64.